The van der Waals surface area contributed by atoms with Crippen molar-refractivity contribution >= 4 is 0 Å². The second-order valence-corrected chi connectivity index (χ2v) is 2.36. The number of nitro groups is 1. The Morgan fingerprint density at radius 2 is 2.09 bits per heavy atom. The third-order valence-corrected chi connectivity index (χ3v) is 1.49. The maximum atomic E-state index is 9.96. The van der Waals surface area contributed by atoms with Crippen LogP contribution >= 0.6 is 0 Å². The van der Waals surface area contributed by atoms with Crippen LogP contribution in [0.2, 0.25) is 0 Å². The molecule has 0 fully saturated rings. The topological polar surface area (TPSA) is 104 Å². The fourth-order valence-electron chi connectivity index (χ4n) is 0.567. The summed E-state index contributed by atoms with van der Waals surface area (Å²) in [5, 5.41) is 35.8. The van der Waals surface area contributed by atoms with Crippen molar-refractivity contribution in [1.82, 2.24) is 0 Å². The molecule has 3 N–H and O–H groups in total. The minimum Gasteiger partial charge on any atom is -0.396 e. The Balaban J connectivity index is 4.17. The van der Waals surface area contributed by atoms with Crippen LogP contribution in [-0.4, -0.2) is 32.8 Å². The summed E-state index contributed by atoms with van der Waals surface area (Å²) < 4.78 is 0. The molecule has 0 saturated heterocycles. The molecule has 0 amide bonds. The molecule has 0 saturated carbocycles. The zero-order valence-corrected chi connectivity index (χ0v) is 6.10. The molecule has 0 rings (SSSR count). The number of hydrogen-bond acceptors (Lipinski definition) is 5. The van der Waals surface area contributed by atoms with E-state index in [1.807, 2.05) is 0 Å². The lowest BCUT2D eigenvalue weighted by molar-refractivity contribution is -0.694. The molecule has 1 atom stereocenters. The zero-order valence-electron chi connectivity index (χ0n) is 6.10. The molecule has 0 heterocycles. The molecule has 6 nitrogen and oxygen atoms in total. The summed E-state index contributed by atoms with van der Waals surface area (Å²) in [6.07, 6.45) is -0.0199. The molecule has 1 unspecified atom stereocenters. The van der Waals surface area contributed by atoms with E-state index < -0.39 is 16.8 Å². The number of rotatable bonds is 4. The van der Waals surface area contributed by atoms with Gasteiger partial charge in [0.1, 0.15) is 0 Å². The maximum absolute atomic E-state index is 9.96. The summed E-state index contributed by atoms with van der Waals surface area (Å²) in [7, 11) is 0. The van der Waals surface area contributed by atoms with E-state index in [1.54, 1.807) is 0 Å². The van der Waals surface area contributed by atoms with Gasteiger partial charge in [0.15, 0.2) is 0 Å². The normalized spacial score (nSPS) is 14.5. The number of aliphatic hydroxyl groups is 3. The average molecular weight is 165 g/mol. The maximum Gasteiger partial charge on any atom is 0.439 e. The number of nitrogens with zero attached hydrogens (tertiary/aromatic N) is 1. The molecular weight excluding hydrogens is 154 g/mol. The van der Waals surface area contributed by atoms with Crippen molar-refractivity contribution in [2.75, 3.05) is 6.61 Å². The molecule has 0 aromatic rings. The summed E-state index contributed by atoms with van der Waals surface area (Å²) in [5.74, 6) is -3.91. The highest BCUT2D eigenvalue weighted by molar-refractivity contribution is 4.60. The molecule has 0 spiro atoms. The first-order chi connectivity index (χ1) is 4.92. The highest BCUT2D eigenvalue weighted by atomic mass is 16.7. The van der Waals surface area contributed by atoms with E-state index in [-0.39, 0.29) is 13.0 Å². The summed E-state index contributed by atoms with van der Waals surface area (Å²) in [6, 6.07) is 0. The van der Waals surface area contributed by atoms with E-state index in [4.69, 9.17) is 15.3 Å². The van der Waals surface area contributed by atoms with Crippen molar-refractivity contribution in [2.45, 2.75) is 19.3 Å². The van der Waals surface area contributed by atoms with E-state index in [1.165, 1.54) is 6.92 Å². The van der Waals surface area contributed by atoms with Gasteiger partial charge < -0.3 is 15.3 Å². The van der Waals surface area contributed by atoms with Gasteiger partial charge in [0, 0.05) is 6.61 Å². The van der Waals surface area contributed by atoms with E-state index in [0.717, 1.165) is 0 Å². The SMILES string of the molecule is CC(CCO)C(O)(O)[N+](=O)[O-]. The first kappa shape index (κ1) is 10.3. The average Bonchev–Trinajstić information content (AvgIpc) is 1.88. The van der Waals surface area contributed by atoms with Crippen LogP contribution in [0.3, 0.4) is 0 Å². The molecule has 66 valence electrons. The van der Waals surface area contributed by atoms with E-state index >= 15 is 0 Å². The Morgan fingerprint density at radius 1 is 1.64 bits per heavy atom. The van der Waals surface area contributed by atoms with E-state index in [2.05, 4.69) is 0 Å². The smallest absolute Gasteiger partial charge is 0.396 e. The van der Waals surface area contributed by atoms with Crippen LogP contribution < -0.4 is 0 Å². The fraction of sp³-hybridized carbons (Fsp3) is 1.00. The van der Waals surface area contributed by atoms with Crippen molar-refractivity contribution in [3.05, 3.63) is 10.1 Å². The molecule has 0 aliphatic rings. The molecule has 0 aliphatic carbocycles. The summed E-state index contributed by atoms with van der Waals surface area (Å²) >= 11 is 0. The Labute approximate surface area is 63.2 Å². The molecule has 0 aliphatic heterocycles. The summed E-state index contributed by atoms with van der Waals surface area (Å²) in [5.41, 5.74) is 0. The second kappa shape index (κ2) is 3.61. The molecule has 0 aromatic heterocycles. The lowest BCUT2D eigenvalue weighted by Gasteiger charge is -2.17. The van der Waals surface area contributed by atoms with Crippen molar-refractivity contribution < 1.29 is 20.2 Å². The minimum atomic E-state index is -2.93. The van der Waals surface area contributed by atoms with Crippen molar-refractivity contribution in [2.24, 2.45) is 5.92 Å². The first-order valence-corrected chi connectivity index (χ1v) is 3.13. The van der Waals surface area contributed by atoms with Gasteiger partial charge in [-0.05, 0) is 13.3 Å². The molecule has 0 radical (unpaired) electrons. The van der Waals surface area contributed by atoms with Gasteiger partial charge in [-0.1, -0.05) is 0 Å². The second-order valence-electron chi connectivity index (χ2n) is 2.36. The van der Waals surface area contributed by atoms with Gasteiger partial charge in [0.2, 0.25) is 0 Å². The first-order valence-electron chi connectivity index (χ1n) is 3.13. The zero-order chi connectivity index (χ0) is 9.07. The van der Waals surface area contributed by atoms with Crippen LogP contribution in [0.4, 0.5) is 0 Å². The lowest BCUT2D eigenvalue weighted by atomic mass is 10.1. The molecule has 11 heavy (non-hydrogen) atoms. The summed E-state index contributed by atoms with van der Waals surface area (Å²) in [4.78, 5) is 8.77. The molecule has 0 aromatic carbocycles. The van der Waals surface area contributed by atoms with Crippen LogP contribution in [0.5, 0.6) is 0 Å². The van der Waals surface area contributed by atoms with E-state index in [9.17, 15) is 10.1 Å². The molecule has 6 heteroatoms. The van der Waals surface area contributed by atoms with Crippen molar-refractivity contribution in [3.63, 3.8) is 0 Å². The highest BCUT2D eigenvalue weighted by Gasteiger charge is 2.43. The quantitative estimate of drug-likeness (QED) is 0.279. The van der Waals surface area contributed by atoms with Crippen LogP contribution in [0.25, 0.3) is 0 Å². The Morgan fingerprint density at radius 3 is 2.36 bits per heavy atom. The van der Waals surface area contributed by atoms with Gasteiger partial charge in [-0.3, -0.25) is 10.1 Å². The molecular formula is C5H11NO5. The van der Waals surface area contributed by atoms with E-state index in [0.29, 0.717) is 0 Å². The van der Waals surface area contributed by atoms with Gasteiger partial charge in [0.05, 0.1) is 10.8 Å². The Kier molecular flexibility index (Phi) is 3.37. The van der Waals surface area contributed by atoms with Crippen LogP contribution in [0.15, 0.2) is 0 Å². The number of hydrogen-bond donors (Lipinski definition) is 3. The summed E-state index contributed by atoms with van der Waals surface area (Å²) in [6.45, 7) is 0.969. The van der Waals surface area contributed by atoms with Gasteiger partial charge in [-0.2, -0.15) is 0 Å². The fourth-order valence-corrected chi connectivity index (χ4v) is 0.567. The predicted molar refractivity (Wildman–Crippen MR) is 35.0 cm³/mol. The van der Waals surface area contributed by atoms with Crippen LogP contribution in [0.1, 0.15) is 13.3 Å². The van der Waals surface area contributed by atoms with Gasteiger partial charge in [0.25, 0.3) is 0 Å². The monoisotopic (exact) mass is 165 g/mol. The standard InChI is InChI=1S/C5H11NO5/c1-4(2-3-7)5(8,9)6(10)11/h4,7-9H,2-3H2,1H3. The highest BCUT2D eigenvalue weighted by Crippen LogP contribution is 2.17. The third-order valence-electron chi connectivity index (χ3n) is 1.49. The number of aliphatic hydroxyl groups excluding tert-OH is 1. The van der Waals surface area contributed by atoms with Crippen molar-refractivity contribution in [1.29, 1.82) is 0 Å². The minimum absolute atomic E-state index is 0.0199. The van der Waals surface area contributed by atoms with Crippen LogP contribution in [0, 0.1) is 16.0 Å². The Hall–Kier alpha value is -0.720. The van der Waals surface area contributed by atoms with Gasteiger partial charge >= 0.3 is 5.91 Å². The lowest BCUT2D eigenvalue weighted by Crippen LogP contribution is -2.44. The Bertz CT molecular complexity index is 146. The van der Waals surface area contributed by atoms with Gasteiger partial charge in [-0.25, -0.2) is 0 Å². The van der Waals surface area contributed by atoms with Crippen LogP contribution in [-0.2, 0) is 0 Å². The largest absolute Gasteiger partial charge is 0.439 e. The van der Waals surface area contributed by atoms with Crippen molar-refractivity contribution in [3.8, 4) is 0 Å². The predicted octanol–water partition coefficient (Wildman–Crippen LogP) is -1.08. The molecule has 0 bridgehead atoms. The van der Waals surface area contributed by atoms with Gasteiger partial charge in [-0.15, -0.1) is 0 Å². The third kappa shape index (κ3) is 2.41.